The Hall–Kier alpha value is -1.89. The van der Waals surface area contributed by atoms with Crippen LogP contribution in [0.15, 0.2) is 42.5 Å². The van der Waals surface area contributed by atoms with Crippen molar-refractivity contribution in [1.82, 2.24) is 14.7 Å². The maximum atomic E-state index is 12.2. The van der Waals surface area contributed by atoms with Gasteiger partial charge in [-0.3, -0.25) is 0 Å². The molecule has 0 radical (unpaired) electrons. The van der Waals surface area contributed by atoms with Gasteiger partial charge in [0.1, 0.15) is 5.82 Å². The predicted molar refractivity (Wildman–Crippen MR) is 91.7 cm³/mol. The molecule has 0 amide bonds. The number of aryl methyl sites for hydroxylation is 1. The predicted octanol–water partition coefficient (Wildman–Crippen LogP) is 3.14. The first kappa shape index (κ1) is 16.0. The van der Waals surface area contributed by atoms with E-state index in [2.05, 4.69) is 14.7 Å². The van der Waals surface area contributed by atoms with Crippen LogP contribution in [0.1, 0.15) is 17.0 Å². The van der Waals surface area contributed by atoms with E-state index in [1.807, 2.05) is 25.1 Å². The van der Waals surface area contributed by atoms with E-state index >= 15 is 0 Å². The summed E-state index contributed by atoms with van der Waals surface area (Å²) < 4.78 is 26.9. The first-order chi connectivity index (χ1) is 10.9. The highest BCUT2D eigenvalue weighted by Gasteiger charge is 2.11. The van der Waals surface area contributed by atoms with Crippen molar-refractivity contribution in [2.24, 2.45) is 0 Å². The van der Waals surface area contributed by atoms with Crippen LogP contribution < -0.4 is 4.72 Å². The van der Waals surface area contributed by atoms with Crippen LogP contribution >= 0.6 is 11.6 Å². The fourth-order valence-electron chi connectivity index (χ4n) is 2.34. The minimum Gasteiger partial charge on any atom is -0.342 e. The molecule has 0 fully saturated rings. The van der Waals surface area contributed by atoms with Gasteiger partial charge in [0.2, 0.25) is 10.0 Å². The van der Waals surface area contributed by atoms with E-state index in [4.69, 9.17) is 11.6 Å². The number of aromatic amines is 1. The fourth-order valence-corrected chi connectivity index (χ4v) is 3.58. The van der Waals surface area contributed by atoms with Crippen LogP contribution in [0.4, 0.5) is 0 Å². The molecule has 0 atom stereocenters. The van der Waals surface area contributed by atoms with Crippen LogP contribution in [-0.2, 0) is 22.3 Å². The average molecular weight is 350 g/mol. The molecule has 0 aliphatic carbocycles. The molecule has 23 heavy (non-hydrogen) atoms. The van der Waals surface area contributed by atoms with Gasteiger partial charge in [0.25, 0.3) is 0 Å². The molecule has 0 unspecified atom stereocenters. The molecular formula is C16H16ClN3O2S. The Morgan fingerprint density at radius 1 is 1.13 bits per heavy atom. The number of rotatable bonds is 5. The number of fused-ring (bicyclic) bond motifs is 1. The molecular weight excluding hydrogens is 334 g/mol. The zero-order valence-electron chi connectivity index (χ0n) is 12.5. The zero-order chi connectivity index (χ0) is 16.4. The quantitative estimate of drug-likeness (QED) is 0.743. The van der Waals surface area contributed by atoms with Gasteiger partial charge in [0, 0.05) is 11.6 Å². The van der Waals surface area contributed by atoms with Crippen molar-refractivity contribution in [3.05, 3.63) is 64.4 Å². The van der Waals surface area contributed by atoms with Gasteiger partial charge in [-0.25, -0.2) is 18.1 Å². The van der Waals surface area contributed by atoms with E-state index < -0.39 is 10.0 Å². The molecule has 3 rings (SSSR count). The van der Waals surface area contributed by atoms with Crippen LogP contribution in [0, 0.1) is 6.92 Å². The molecule has 2 N–H and O–H groups in total. The molecule has 0 aliphatic rings. The van der Waals surface area contributed by atoms with Crippen molar-refractivity contribution in [2.75, 3.05) is 0 Å². The lowest BCUT2D eigenvalue weighted by Crippen LogP contribution is -2.24. The highest BCUT2D eigenvalue weighted by Crippen LogP contribution is 2.15. The van der Waals surface area contributed by atoms with E-state index in [0.29, 0.717) is 10.6 Å². The minimum atomic E-state index is -3.41. The Bertz CT molecular complexity index is 934. The lowest BCUT2D eigenvalue weighted by atomic mass is 10.2. The van der Waals surface area contributed by atoms with Gasteiger partial charge in [0.05, 0.1) is 16.8 Å². The summed E-state index contributed by atoms with van der Waals surface area (Å²) >= 11 is 5.80. The maximum Gasteiger partial charge on any atom is 0.216 e. The van der Waals surface area contributed by atoms with Crippen molar-refractivity contribution in [1.29, 1.82) is 0 Å². The molecule has 2 aromatic carbocycles. The molecule has 0 saturated heterocycles. The summed E-state index contributed by atoms with van der Waals surface area (Å²) in [5.41, 5.74) is 3.34. The minimum absolute atomic E-state index is 0.0738. The summed E-state index contributed by atoms with van der Waals surface area (Å²) in [5, 5.41) is 0.585. The van der Waals surface area contributed by atoms with E-state index in [-0.39, 0.29) is 12.3 Å². The number of benzene rings is 2. The van der Waals surface area contributed by atoms with Gasteiger partial charge < -0.3 is 4.98 Å². The Labute approximate surface area is 139 Å². The molecule has 3 aromatic rings. The van der Waals surface area contributed by atoms with Crippen LogP contribution in [0.25, 0.3) is 11.0 Å². The third-order valence-electron chi connectivity index (χ3n) is 3.43. The van der Waals surface area contributed by atoms with Crippen molar-refractivity contribution in [2.45, 2.75) is 19.2 Å². The van der Waals surface area contributed by atoms with E-state index in [0.717, 1.165) is 22.4 Å². The number of sulfonamides is 1. The third kappa shape index (κ3) is 4.10. The lowest BCUT2D eigenvalue weighted by Gasteiger charge is -2.07. The van der Waals surface area contributed by atoms with Crippen molar-refractivity contribution in [3.8, 4) is 0 Å². The number of imidazole rings is 1. The van der Waals surface area contributed by atoms with E-state index in [1.54, 1.807) is 24.3 Å². The monoisotopic (exact) mass is 349 g/mol. The number of aromatic nitrogens is 2. The molecule has 120 valence electrons. The summed E-state index contributed by atoms with van der Waals surface area (Å²) in [6.07, 6.45) is 0. The van der Waals surface area contributed by atoms with E-state index in [9.17, 15) is 8.42 Å². The summed E-state index contributed by atoms with van der Waals surface area (Å²) in [7, 11) is -3.41. The Kier molecular flexibility index (Phi) is 4.39. The summed E-state index contributed by atoms with van der Waals surface area (Å²) in [4.78, 5) is 7.46. The Morgan fingerprint density at radius 3 is 2.57 bits per heavy atom. The van der Waals surface area contributed by atoms with Crippen molar-refractivity contribution < 1.29 is 8.42 Å². The molecule has 0 spiro atoms. The number of hydrogen-bond donors (Lipinski definition) is 2. The van der Waals surface area contributed by atoms with Gasteiger partial charge in [-0.05, 0) is 42.3 Å². The molecule has 0 aliphatic heterocycles. The highest BCUT2D eigenvalue weighted by molar-refractivity contribution is 7.88. The summed E-state index contributed by atoms with van der Waals surface area (Å²) in [5.74, 6) is 0.760. The summed E-state index contributed by atoms with van der Waals surface area (Å²) in [6, 6.07) is 12.4. The van der Waals surface area contributed by atoms with Gasteiger partial charge in [-0.2, -0.15) is 0 Å². The topological polar surface area (TPSA) is 74.8 Å². The van der Waals surface area contributed by atoms with Gasteiger partial charge in [-0.15, -0.1) is 0 Å². The molecule has 0 saturated carbocycles. The second kappa shape index (κ2) is 6.31. The number of hydrogen-bond acceptors (Lipinski definition) is 3. The van der Waals surface area contributed by atoms with Crippen LogP contribution in [0.2, 0.25) is 5.02 Å². The maximum absolute atomic E-state index is 12.2. The fraction of sp³-hybridized carbons (Fsp3) is 0.188. The second-order valence-electron chi connectivity index (χ2n) is 5.38. The second-order valence-corrected chi connectivity index (χ2v) is 7.62. The molecule has 0 bridgehead atoms. The molecule has 1 aromatic heterocycles. The normalized spacial score (nSPS) is 11.9. The molecule has 7 heteroatoms. The van der Waals surface area contributed by atoms with Crippen LogP contribution in [-0.4, -0.2) is 18.4 Å². The smallest absolute Gasteiger partial charge is 0.216 e. The van der Waals surface area contributed by atoms with Crippen molar-refractivity contribution >= 4 is 32.7 Å². The van der Waals surface area contributed by atoms with E-state index in [1.165, 1.54) is 0 Å². The van der Waals surface area contributed by atoms with Gasteiger partial charge >= 0.3 is 0 Å². The zero-order valence-corrected chi connectivity index (χ0v) is 14.1. The largest absolute Gasteiger partial charge is 0.342 e. The first-order valence-electron chi connectivity index (χ1n) is 7.08. The van der Waals surface area contributed by atoms with Gasteiger partial charge in [-0.1, -0.05) is 29.8 Å². The van der Waals surface area contributed by atoms with Crippen LogP contribution in [0.3, 0.4) is 0 Å². The Morgan fingerprint density at radius 2 is 1.83 bits per heavy atom. The Balaban J connectivity index is 1.68. The molecule has 5 nitrogen and oxygen atoms in total. The first-order valence-corrected chi connectivity index (χ1v) is 9.11. The standard InChI is InChI=1S/C16H16ClN3O2S/c1-11-19-15-7-4-13(8-16(15)20-11)9-18-23(21,22)10-12-2-5-14(17)6-3-12/h2-8,18H,9-10H2,1H3,(H,19,20). The number of nitrogens with one attached hydrogen (secondary N) is 2. The molecule has 1 heterocycles. The average Bonchev–Trinajstić information content (AvgIpc) is 2.87. The SMILES string of the molecule is Cc1nc2ccc(CNS(=O)(=O)Cc3ccc(Cl)cc3)cc2[nH]1. The summed E-state index contributed by atoms with van der Waals surface area (Å²) in [6.45, 7) is 2.12. The number of halogens is 1. The van der Waals surface area contributed by atoms with Crippen LogP contribution in [0.5, 0.6) is 0 Å². The van der Waals surface area contributed by atoms with Gasteiger partial charge in [0.15, 0.2) is 0 Å². The number of nitrogens with zero attached hydrogens (tertiary/aromatic N) is 1. The third-order valence-corrected chi connectivity index (χ3v) is 4.98. The highest BCUT2D eigenvalue weighted by atomic mass is 35.5. The lowest BCUT2D eigenvalue weighted by molar-refractivity contribution is 0.580. The van der Waals surface area contributed by atoms with Crippen molar-refractivity contribution in [3.63, 3.8) is 0 Å². The number of H-pyrrole nitrogens is 1.